The second-order valence-corrected chi connectivity index (χ2v) is 2.14. The maximum atomic E-state index is 9.16. The molecule has 0 atom stereocenters. The van der Waals surface area contributed by atoms with Gasteiger partial charge >= 0.3 is 0 Å². The molecule has 0 fully saturated rings. The topological polar surface area (TPSA) is 32.6 Å². The Bertz CT molecular complexity index is 367. The molecule has 1 aromatic rings. The van der Waals surface area contributed by atoms with Crippen molar-refractivity contribution in [2.75, 3.05) is 0 Å². The molecule has 0 saturated heterocycles. The van der Waals surface area contributed by atoms with Gasteiger partial charge < -0.3 is 5.11 Å². The van der Waals surface area contributed by atoms with Gasteiger partial charge in [-0.2, -0.15) is 0 Å². The van der Waals surface area contributed by atoms with Gasteiger partial charge in [0.15, 0.2) is 0 Å². The minimum atomic E-state index is -0.0735. The Balaban J connectivity index is 3.59. The highest BCUT2D eigenvalue weighted by Crippen LogP contribution is 1.82. The van der Waals surface area contributed by atoms with Crippen LogP contribution >= 0.6 is 0 Å². The molecule has 0 aliphatic heterocycles. The van der Waals surface area contributed by atoms with Crippen molar-refractivity contribution in [3.63, 3.8) is 0 Å². The fraction of sp³-hybridized carbons (Fsp3) is 0. The van der Waals surface area contributed by atoms with Crippen LogP contribution < -0.4 is 10.4 Å². The standard InChI is InChI=1S/C9H9NO/c1-7-5-3-4-6-8(7)9(11)10-2/h3-6,11H,1-2H2/b9-8+. The lowest BCUT2D eigenvalue weighted by Gasteiger charge is -1.89. The molecule has 0 spiro atoms. The van der Waals surface area contributed by atoms with E-state index in [1.54, 1.807) is 12.1 Å². The third kappa shape index (κ3) is 1.46. The van der Waals surface area contributed by atoms with Gasteiger partial charge in [0.25, 0.3) is 0 Å². The summed E-state index contributed by atoms with van der Waals surface area (Å²) in [6, 6.07) is 7.21. The highest BCUT2D eigenvalue weighted by atomic mass is 16.3. The Morgan fingerprint density at radius 2 is 2.00 bits per heavy atom. The summed E-state index contributed by atoms with van der Waals surface area (Å²) in [7, 11) is 0. The summed E-state index contributed by atoms with van der Waals surface area (Å²) >= 11 is 0. The van der Waals surface area contributed by atoms with E-state index in [0.717, 1.165) is 5.22 Å². The molecule has 1 aromatic carbocycles. The van der Waals surface area contributed by atoms with Crippen LogP contribution in [0.1, 0.15) is 0 Å². The van der Waals surface area contributed by atoms with Crippen molar-refractivity contribution in [2.45, 2.75) is 0 Å². The van der Waals surface area contributed by atoms with Crippen LogP contribution in [0.2, 0.25) is 0 Å². The summed E-state index contributed by atoms with van der Waals surface area (Å²) in [5, 5.41) is 10.5. The third-order valence-corrected chi connectivity index (χ3v) is 1.41. The van der Waals surface area contributed by atoms with Crippen molar-refractivity contribution >= 4 is 19.2 Å². The van der Waals surface area contributed by atoms with Gasteiger partial charge in [0, 0.05) is 5.22 Å². The molecule has 0 saturated carbocycles. The van der Waals surface area contributed by atoms with Crippen LogP contribution in [-0.2, 0) is 0 Å². The van der Waals surface area contributed by atoms with E-state index in [-0.39, 0.29) is 5.88 Å². The van der Waals surface area contributed by atoms with Crippen LogP contribution in [0.3, 0.4) is 0 Å². The second kappa shape index (κ2) is 3.01. The summed E-state index contributed by atoms with van der Waals surface area (Å²) in [6.45, 7) is 6.93. The van der Waals surface area contributed by atoms with E-state index in [1.165, 1.54) is 0 Å². The van der Waals surface area contributed by atoms with Crippen LogP contribution in [0.4, 0.5) is 0 Å². The molecule has 1 N–H and O–H groups in total. The lowest BCUT2D eigenvalue weighted by Crippen LogP contribution is -2.24. The molecule has 0 aromatic heterocycles. The van der Waals surface area contributed by atoms with Crippen molar-refractivity contribution in [1.82, 2.24) is 0 Å². The molecule has 0 bridgehead atoms. The average Bonchev–Trinajstić information content (AvgIpc) is 2.04. The molecular weight excluding hydrogens is 138 g/mol. The first kappa shape index (κ1) is 7.54. The summed E-state index contributed by atoms with van der Waals surface area (Å²) < 4.78 is 0. The molecule has 0 amide bonds. The van der Waals surface area contributed by atoms with E-state index >= 15 is 0 Å². The van der Waals surface area contributed by atoms with Gasteiger partial charge in [-0.1, -0.05) is 24.8 Å². The molecule has 0 aliphatic rings. The predicted octanol–water partition coefficient (Wildman–Crippen LogP) is 0.421. The van der Waals surface area contributed by atoms with Gasteiger partial charge in [0.2, 0.25) is 5.88 Å². The number of aliphatic hydroxyl groups excluding tert-OH is 1. The Morgan fingerprint density at radius 1 is 1.36 bits per heavy atom. The first-order valence-corrected chi connectivity index (χ1v) is 3.19. The number of hydrogen-bond donors (Lipinski definition) is 1. The lowest BCUT2D eigenvalue weighted by atomic mass is 10.2. The van der Waals surface area contributed by atoms with Crippen LogP contribution in [0, 0.1) is 0 Å². The summed E-state index contributed by atoms with van der Waals surface area (Å²) in [6.07, 6.45) is 0. The zero-order valence-electron chi connectivity index (χ0n) is 6.12. The van der Waals surface area contributed by atoms with Crippen molar-refractivity contribution in [3.05, 3.63) is 34.7 Å². The first-order valence-electron chi connectivity index (χ1n) is 3.19. The van der Waals surface area contributed by atoms with Gasteiger partial charge in [-0.25, -0.2) is 4.99 Å². The van der Waals surface area contributed by atoms with E-state index in [4.69, 9.17) is 5.11 Å². The van der Waals surface area contributed by atoms with Gasteiger partial charge in [0.05, 0.1) is 0 Å². The molecule has 1 rings (SSSR count). The van der Waals surface area contributed by atoms with Crippen molar-refractivity contribution in [2.24, 2.45) is 4.99 Å². The zero-order valence-corrected chi connectivity index (χ0v) is 6.12. The fourth-order valence-electron chi connectivity index (χ4n) is 0.824. The van der Waals surface area contributed by atoms with E-state index in [0.29, 0.717) is 5.22 Å². The predicted molar refractivity (Wildman–Crippen MR) is 46.8 cm³/mol. The van der Waals surface area contributed by atoms with Crippen LogP contribution in [0.5, 0.6) is 0 Å². The monoisotopic (exact) mass is 147 g/mol. The van der Waals surface area contributed by atoms with Crippen molar-refractivity contribution in [1.29, 1.82) is 0 Å². The summed E-state index contributed by atoms with van der Waals surface area (Å²) in [5.74, 6) is -0.0735. The van der Waals surface area contributed by atoms with E-state index < -0.39 is 0 Å². The van der Waals surface area contributed by atoms with E-state index in [2.05, 4.69) is 18.3 Å². The van der Waals surface area contributed by atoms with Gasteiger partial charge in [-0.3, -0.25) is 0 Å². The molecule has 0 radical (unpaired) electrons. The number of aliphatic imine (C=N–C) groups is 1. The SMILES string of the molecule is C=N/C(O)=c1/ccccc1=C. The Labute approximate surface area is 64.8 Å². The van der Waals surface area contributed by atoms with Gasteiger partial charge in [0.1, 0.15) is 0 Å². The quantitative estimate of drug-likeness (QED) is 0.574. The molecule has 0 unspecified atom stereocenters. The Hall–Kier alpha value is -1.57. The van der Waals surface area contributed by atoms with Crippen LogP contribution in [0.25, 0.3) is 12.5 Å². The van der Waals surface area contributed by atoms with Crippen molar-refractivity contribution < 1.29 is 5.11 Å². The Morgan fingerprint density at radius 3 is 2.55 bits per heavy atom. The highest BCUT2D eigenvalue weighted by molar-refractivity contribution is 5.43. The smallest absolute Gasteiger partial charge is 0.218 e. The molecule has 56 valence electrons. The Kier molecular flexibility index (Phi) is 2.06. The normalized spacial score (nSPS) is 12.4. The minimum absolute atomic E-state index is 0.0735. The maximum absolute atomic E-state index is 9.16. The number of rotatable bonds is 1. The minimum Gasteiger partial charge on any atom is -0.493 e. The highest BCUT2D eigenvalue weighted by Gasteiger charge is 1.87. The molecule has 0 heterocycles. The molecule has 11 heavy (non-hydrogen) atoms. The number of benzene rings is 1. The zero-order chi connectivity index (χ0) is 8.27. The number of hydrogen-bond acceptors (Lipinski definition) is 2. The average molecular weight is 147 g/mol. The number of aliphatic hydroxyl groups is 1. The maximum Gasteiger partial charge on any atom is 0.218 e. The van der Waals surface area contributed by atoms with E-state index in [9.17, 15) is 0 Å². The molecule has 0 aliphatic carbocycles. The van der Waals surface area contributed by atoms with Gasteiger partial charge in [-0.15, -0.1) is 0 Å². The molecule has 2 heteroatoms. The lowest BCUT2D eigenvalue weighted by molar-refractivity contribution is 0.494. The summed E-state index contributed by atoms with van der Waals surface area (Å²) in [4.78, 5) is 3.40. The fourth-order valence-corrected chi connectivity index (χ4v) is 0.824. The number of nitrogens with zero attached hydrogens (tertiary/aromatic N) is 1. The van der Waals surface area contributed by atoms with Crippen LogP contribution in [-0.4, -0.2) is 11.8 Å². The van der Waals surface area contributed by atoms with Crippen LogP contribution in [0.15, 0.2) is 29.3 Å². The third-order valence-electron chi connectivity index (χ3n) is 1.41. The second-order valence-electron chi connectivity index (χ2n) is 2.14. The summed E-state index contributed by atoms with van der Waals surface area (Å²) in [5.41, 5.74) is 0. The first-order chi connectivity index (χ1) is 5.25. The molecular formula is C9H9NO. The van der Waals surface area contributed by atoms with Crippen molar-refractivity contribution in [3.8, 4) is 0 Å². The van der Waals surface area contributed by atoms with Gasteiger partial charge in [-0.05, 0) is 18.0 Å². The molecule has 2 nitrogen and oxygen atoms in total. The largest absolute Gasteiger partial charge is 0.493 e. The van der Waals surface area contributed by atoms with E-state index in [1.807, 2.05) is 12.1 Å².